The number of benzene rings is 1. The first kappa shape index (κ1) is 18.1. The fraction of sp³-hybridized carbons (Fsp3) is 0.556. The zero-order chi connectivity index (χ0) is 17.7. The van der Waals surface area contributed by atoms with Gasteiger partial charge in [0.05, 0.1) is 25.5 Å². The standard InChI is InChI=1S/C18H25NO5/c1-11(8-12-6-4-5-7-12)17(20)19-14-9-13(18(21)22)10-15(23-2)16(14)24-3/h9-12H,4-8H2,1-3H3,(H,19,20)(H,21,22). The van der Waals surface area contributed by atoms with Gasteiger partial charge >= 0.3 is 5.97 Å². The molecule has 0 aliphatic heterocycles. The van der Waals surface area contributed by atoms with E-state index < -0.39 is 5.97 Å². The summed E-state index contributed by atoms with van der Waals surface area (Å²) in [6, 6.07) is 2.77. The number of aromatic carboxylic acids is 1. The van der Waals surface area contributed by atoms with E-state index in [1.165, 1.54) is 52.0 Å². The monoisotopic (exact) mass is 335 g/mol. The van der Waals surface area contributed by atoms with Crippen LogP contribution >= 0.6 is 0 Å². The topological polar surface area (TPSA) is 84.9 Å². The van der Waals surface area contributed by atoms with E-state index in [0.717, 1.165) is 6.42 Å². The summed E-state index contributed by atoms with van der Waals surface area (Å²) < 4.78 is 10.5. The van der Waals surface area contributed by atoms with Crippen molar-refractivity contribution in [3.63, 3.8) is 0 Å². The fourth-order valence-corrected chi connectivity index (χ4v) is 3.29. The molecule has 0 radical (unpaired) electrons. The molecule has 0 saturated heterocycles. The third-order valence-corrected chi connectivity index (χ3v) is 4.59. The van der Waals surface area contributed by atoms with E-state index in [9.17, 15) is 14.7 Å². The largest absolute Gasteiger partial charge is 0.493 e. The van der Waals surface area contributed by atoms with Gasteiger partial charge < -0.3 is 19.9 Å². The van der Waals surface area contributed by atoms with Gasteiger partial charge in [-0.15, -0.1) is 0 Å². The summed E-state index contributed by atoms with van der Waals surface area (Å²) in [4.78, 5) is 23.8. The van der Waals surface area contributed by atoms with Gasteiger partial charge in [0.2, 0.25) is 5.91 Å². The van der Waals surface area contributed by atoms with Gasteiger partial charge in [0.25, 0.3) is 0 Å². The molecule has 0 bridgehead atoms. The summed E-state index contributed by atoms with van der Waals surface area (Å²) in [6.45, 7) is 1.90. The highest BCUT2D eigenvalue weighted by atomic mass is 16.5. The summed E-state index contributed by atoms with van der Waals surface area (Å²) in [5, 5.41) is 12.0. The van der Waals surface area contributed by atoms with Crippen LogP contribution < -0.4 is 14.8 Å². The fourth-order valence-electron chi connectivity index (χ4n) is 3.29. The number of ether oxygens (including phenoxy) is 2. The molecule has 0 heterocycles. The molecule has 1 unspecified atom stereocenters. The van der Waals surface area contributed by atoms with Crippen molar-refractivity contribution in [2.45, 2.75) is 39.0 Å². The lowest BCUT2D eigenvalue weighted by atomic mass is 9.94. The molecular formula is C18H25NO5. The van der Waals surface area contributed by atoms with Gasteiger partial charge in [0, 0.05) is 5.92 Å². The Balaban J connectivity index is 2.18. The van der Waals surface area contributed by atoms with Crippen LogP contribution in [0.2, 0.25) is 0 Å². The second kappa shape index (κ2) is 8.04. The molecule has 6 heteroatoms. The normalized spacial score (nSPS) is 15.8. The highest BCUT2D eigenvalue weighted by Crippen LogP contribution is 2.37. The SMILES string of the molecule is COc1cc(C(=O)O)cc(NC(=O)C(C)CC2CCCC2)c1OC. The summed E-state index contributed by atoms with van der Waals surface area (Å²) in [7, 11) is 2.88. The average molecular weight is 335 g/mol. The highest BCUT2D eigenvalue weighted by molar-refractivity contribution is 5.97. The van der Waals surface area contributed by atoms with Crippen LogP contribution in [0.25, 0.3) is 0 Å². The molecule has 1 atom stereocenters. The van der Waals surface area contributed by atoms with Crippen molar-refractivity contribution in [3.8, 4) is 11.5 Å². The Bertz CT molecular complexity index is 608. The zero-order valence-corrected chi connectivity index (χ0v) is 14.4. The minimum absolute atomic E-state index is 0.0337. The first-order valence-corrected chi connectivity index (χ1v) is 8.26. The lowest BCUT2D eigenvalue weighted by Gasteiger charge is -2.18. The highest BCUT2D eigenvalue weighted by Gasteiger charge is 2.24. The van der Waals surface area contributed by atoms with Gasteiger partial charge in [-0.25, -0.2) is 4.79 Å². The number of nitrogens with one attached hydrogen (secondary N) is 1. The van der Waals surface area contributed by atoms with Crippen molar-refractivity contribution in [1.29, 1.82) is 0 Å². The van der Waals surface area contributed by atoms with Crippen molar-refractivity contribution in [1.82, 2.24) is 0 Å². The lowest BCUT2D eigenvalue weighted by Crippen LogP contribution is -2.23. The quantitative estimate of drug-likeness (QED) is 0.796. The maximum absolute atomic E-state index is 12.5. The minimum Gasteiger partial charge on any atom is -0.493 e. The molecular weight excluding hydrogens is 310 g/mol. The van der Waals surface area contributed by atoms with Crippen molar-refractivity contribution in [2.24, 2.45) is 11.8 Å². The summed E-state index contributed by atoms with van der Waals surface area (Å²) in [5.41, 5.74) is 0.351. The van der Waals surface area contributed by atoms with Crippen LogP contribution in [-0.2, 0) is 4.79 Å². The number of carboxylic acids is 1. The Hall–Kier alpha value is -2.24. The van der Waals surface area contributed by atoms with Crippen LogP contribution in [0.4, 0.5) is 5.69 Å². The van der Waals surface area contributed by atoms with E-state index in [1.807, 2.05) is 6.92 Å². The Labute approximate surface area is 142 Å². The van der Waals surface area contributed by atoms with Crippen LogP contribution in [0.15, 0.2) is 12.1 Å². The van der Waals surface area contributed by atoms with E-state index in [2.05, 4.69) is 5.32 Å². The van der Waals surface area contributed by atoms with E-state index in [-0.39, 0.29) is 23.1 Å². The zero-order valence-electron chi connectivity index (χ0n) is 14.4. The Morgan fingerprint density at radius 2 is 1.92 bits per heavy atom. The molecule has 24 heavy (non-hydrogen) atoms. The number of amides is 1. The van der Waals surface area contributed by atoms with Crippen LogP contribution in [0.5, 0.6) is 11.5 Å². The number of hydrogen-bond acceptors (Lipinski definition) is 4. The number of rotatable bonds is 7. The van der Waals surface area contributed by atoms with Crippen LogP contribution in [0, 0.1) is 11.8 Å². The summed E-state index contributed by atoms with van der Waals surface area (Å²) >= 11 is 0. The smallest absolute Gasteiger partial charge is 0.335 e. The van der Waals surface area contributed by atoms with E-state index in [1.54, 1.807) is 0 Å². The van der Waals surface area contributed by atoms with Crippen molar-refractivity contribution in [3.05, 3.63) is 17.7 Å². The predicted octanol–water partition coefficient (Wildman–Crippen LogP) is 3.56. The molecule has 1 aliphatic carbocycles. The van der Waals surface area contributed by atoms with Gasteiger partial charge in [0.1, 0.15) is 0 Å². The average Bonchev–Trinajstić information content (AvgIpc) is 3.06. The molecule has 2 rings (SSSR count). The Morgan fingerprint density at radius 1 is 1.25 bits per heavy atom. The number of carbonyl (C=O) groups is 2. The number of carbonyl (C=O) groups excluding carboxylic acids is 1. The Kier molecular flexibility index (Phi) is 6.06. The molecule has 2 N–H and O–H groups in total. The van der Waals surface area contributed by atoms with Gasteiger partial charge in [-0.05, 0) is 24.5 Å². The van der Waals surface area contributed by atoms with Crippen LogP contribution in [-0.4, -0.2) is 31.2 Å². The summed E-state index contributed by atoms with van der Waals surface area (Å²) in [5.74, 6) is -0.167. The van der Waals surface area contributed by atoms with Gasteiger partial charge in [-0.2, -0.15) is 0 Å². The molecule has 132 valence electrons. The molecule has 1 aromatic carbocycles. The Morgan fingerprint density at radius 3 is 2.46 bits per heavy atom. The van der Waals surface area contributed by atoms with Crippen LogP contribution in [0.3, 0.4) is 0 Å². The second-order valence-electron chi connectivity index (χ2n) is 6.34. The molecule has 0 aromatic heterocycles. The van der Waals surface area contributed by atoms with Crippen molar-refractivity contribution in [2.75, 3.05) is 19.5 Å². The molecule has 6 nitrogen and oxygen atoms in total. The van der Waals surface area contributed by atoms with Crippen molar-refractivity contribution < 1.29 is 24.2 Å². The van der Waals surface area contributed by atoms with E-state index >= 15 is 0 Å². The summed E-state index contributed by atoms with van der Waals surface area (Å²) in [6.07, 6.45) is 5.70. The van der Waals surface area contributed by atoms with Crippen molar-refractivity contribution >= 4 is 17.6 Å². The number of hydrogen-bond donors (Lipinski definition) is 2. The molecule has 1 amide bonds. The molecule has 1 aliphatic rings. The number of anilines is 1. The lowest BCUT2D eigenvalue weighted by molar-refractivity contribution is -0.119. The third kappa shape index (κ3) is 4.19. The van der Waals surface area contributed by atoms with Gasteiger partial charge in [-0.1, -0.05) is 32.6 Å². The number of carboxylic acid groups (broad SMARTS) is 1. The third-order valence-electron chi connectivity index (χ3n) is 4.59. The minimum atomic E-state index is -1.09. The second-order valence-corrected chi connectivity index (χ2v) is 6.34. The number of methoxy groups -OCH3 is 2. The molecule has 1 fully saturated rings. The first-order chi connectivity index (χ1) is 11.5. The maximum atomic E-state index is 12.5. The van der Waals surface area contributed by atoms with E-state index in [4.69, 9.17) is 9.47 Å². The van der Waals surface area contributed by atoms with Crippen LogP contribution in [0.1, 0.15) is 49.4 Å². The molecule has 1 saturated carbocycles. The van der Waals surface area contributed by atoms with Gasteiger partial charge in [0.15, 0.2) is 11.5 Å². The van der Waals surface area contributed by atoms with Gasteiger partial charge in [-0.3, -0.25) is 4.79 Å². The maximum Gasteiger partial charge on any atom is 0.335 e. The molecule has 0 spiro atoms. The predicted molar refractivity (Wildman–Crippen MR) is 90.9 cm³/mol. The molecule has 1 aromatic rings. The first-order valence-electron chi connectivity index (χ1n) is 8.26. The van der Waals surface area contributed by atoms with E-state index in [0.29, 0.717) is 17.4 Å².